The van der Waals surface area contributed by atoms with Gasteiger partial charge in [0.2, 0.25) is 0 Å². The van der Waals surface area contributed by atoms with Gasteiger partial charge in [-0.3, -0.25) is 14.8 Å². The molecule has 2 aliphatic rings. The van der Waals surface area contributed by atoms with E-state index in [1.807, 2.05) is 41.3 Å². The van der Waals surface area contributed by atoms with Crippen molar-refractivity contribution in [3.63, 3.8) is 0 Å². The van der Waals surface area contributed by atoms with Crippen molar-refractivity contribution in [2.45, 2.75) is 18.9 Å². The first-order valence-electron chi connectivity index (χ1n) is 10.1. The van der Waals surface area contributed by atoms with Crippen LogP contribution in [-0.4, -0.2) is 84.6 Å². The van der Waals surface area contributed by atoms with Crippen molar-refractivity contribution in [1.29, 1.82) is 0 Å². The molecular formula is C21H28N4O3. The summed E-state index contributed by atoms with van der Waals surface area (Å²) in [6.07, 6.45) is 1.77. The summed E-state index contributed by atoms with van der Waals surface area (Å²) in [5.74, 6) is 0.0230. The summed E-state index contributed by atoms with van der Waals surface area (Å²) in [4.78, 5) is 17.7. The highest BCUT2D eigenvalue weighted by Gasteiger charge is 2.28. The molecule has 1 aromatic heterocycles. The molecule has 1 amide bonds. The van der Waals surface area contributed by atoms with Gasteiger partial charge in [0.05, 0.1) is 18.9 Å². The first kappa shape index (κ1) is 19.1. The zero-order chi connectivity index (χ0) is 19.2. The summed E-state index contributed by atoms with van der Waals surface area (Å²) >= 11 is 0. The van der Waals surface area contributed by atoms with Gasteiger partial charge in [-0.25, -0.2) is 0 Å². The van der Waals surface area contributed by atoms with Crippen molar-refractivity contribution in [3.05, 3.63) is 42.1 Å². The summed E-state index contributed by atoms with van der Waals surface area (Å²) in [5, 5.41) is 7.32. The Labute approximate surface area is 165 Å². The van der Waals surface area contributed by atoms with Crippen LogP contribution >= 0.6 is 0 Å². The van der Waals surface area contributed by atoms with E-state index in [1.54, 1.807) is 0 Å². The van der Waals surface area contributed by atoms with E-state index in [0.717, 1.165) is 56.9 Å². The number of aromatic amines is 1. The quantitative estimate of drug-likeness (QED) is 0.825. The Morgan fingerprint density at radius 1 is 1.11 bits per heavy atom. The van der Waals surface area contributed by atoms with Crippen molar-refractivity contribution in [2.75, 3.05) is 52.6 Å². The smallest absolute Gasteiger partial charge is 0.272 e. The number of nitrogens with zero attached hydrogens (tertiary/aromatic N) is 3. The van der Waals surface area contributed by atoms with Crippen LogP contribution in [0.25, 0.3) is 11.3 Å². The molecule has 28 heavy (non-hydrogen) atoms. The number of carbonyl (C=O) groups excluding carboxylic acids is 1. The van der Waals surface area contributed by atoms with Gasteiger partial charge in [0, 0.05) is 51.0 Å². The van der Waals surface area contributed by atoms with Crippen LogP contribution in [-0.2, 0) is 9.47 Å². The average Bonchev–Trinajstić information content (AvgIpc) is 3.26. The highest BCUT2D eigenvalue weighted by Crippen LogP contribution is 2.21. The van der Waals surface area contributed by atoms with E-state index in [-0.39, 0.29) is 11.9 Å². The largest absolute Gasteiger partial charge is 0.381 e. The van der Waals surface area contributed by atoms with Gasteiger partial charge >= 0.3 is 0 Å². The number of morpholine rings is 1. The summed E-state index contributed by atoms with van der Waals surface area (Å²) < 4.78 is 10.9. The number of H-pyrrole nitrogens is 1. The van der Waals surface area contributed by atoms with Gasteiger partial charge in [0.1, 0.15) is 5.69 Å². The second kappa shape index (κ2) is 9.32. The Hall–Kier alpha value is -2.22. The van der Waals surface area contributed by atoms with Crippen molar-refractivity contribution in [1.82, 2.24) is 20.0 Å². The molecule has 1 aromatic carbocycles. The number of carbonyl (C=O) groups is 1. The molecule has 1 N–H and O–H groups in total. The van der Waals surface area contributed by atoms with Crippen LogP contribution in [0.4, 0.5) is 0 Å². The molecule has 2 saturated heterocycles. The third-order valence-electron chi connectivity index (χ3n) is 5.53. The zero-order valence-electron chi connectivity index (χ0n) is 16.2. The van der Waals surface area contributed by atoms with Crippen LogP contribution in [0.1, 0.15) is 23.3 Å². The molecule has 150 valence electrons. The lowest BCUT2D eigenvalue weighted by Crippen LogP contribution is -2.48. The van der Waals surface area contributed by atoms with Crippen LogP contribution < -0.4 is 0 Å². The average molecular weight is 384 g/mol. The van der Waals surface area contributed by atoms with Crippen LogP contribution in [0.2, 0.25) is 0 Å². The van der Waals surface area contributed by atoms with Gasteiger partial charge < -0.3 is 14.4 Å². The van der Waals surface area contributed by atoms with Crippen molar-refractivity contribution in [3.8, 4) is 11.3 Å². The molecular weight excluding hydrogens is 356 g/mol. The van der Waals surface area contributed by atoms with Gasteiger partial charge in [-0.2, -0.15) is 5.10 Å². The van der Waals surface area contributed by atoms with Gasteiger partial charge in [-0.05, 0) is 18.9 Å². The molecule has 4 rings (SSSR count). The number of aromatic nitrogens is 2. The number of rotatable bonds is 6. The standard InChI is InChI=1S/C21H28N4O3/c26-21(20-16-19(22-23-20)17-4-2-1-3-5-17)25(18-6-12-27-13-7-18)9-8-24-10-14-28-15-11-24/h1-5,16,18H,6-15H2,(H,22,23). The fourth-order valence-corrected chi connectivity index (χ4v) is 3.86. The Bertz CT molecular complexity index is 752. The topological polar surface area (TPSA) is 70.7 Å². The van der Waals surface area contributed by atoms with Crippen molar-refractivity contribution < 1.29 is 14.3 Å². The van der Waals surface area contributed by atoms with Crippen molar-refractivity contribution >= 4 is 5.91 Å². The van der Waals surface area contributed by atoms with E-state index in [2.05, 4.69) is 15.1 Å². The number of nitrogens with one attached hydrogen (secondary N) is 1. The summed E-state index contributed by atoms with van der Waals surface area (Å²) in [6, 6.07) is 12.0. The van der Waals surface area contributed by atoms with Gasteiger partial charge in [0.25, 0.3) is 5.91 Å². The zero-order valence-corrected chi connectivity index (χ0v) is 16.2. The third kappa shape index (κ3) is 4.60. The van der Waals surface area contributed by atoms with E-state index >= 15 is 0 Å². The maximum Gasteiger partial charge on any atom is 0.272 e. The number of hydrogen-bond donors (Lipinski definition) is 1. The maximum atomic E-state index is 13.3. The van der Waals surface area contributed by atoms with Crippen molar-refractivity contribution in [2.24, 2.45) is 0 Å². The van der Waals surface area contributed by atoms with Gasteiger partial charge in [0.15, 0.2) is 0 Å². The first-order valence-corrected chi connectivity index (χ1v) is 10.1. The Kier molecular flexibility index (Phi) is 6.36. The van der Waals surface area contributed by atoms with Crippen LogP contribution in [0.5, 0.6) is 0 Å². The summed E-state index contributed by atoms with van der Waals surface area (Å²) in [5.41, 5.74) is 2.35. The molecule has 0 unspecified atom stereocenters. The van der Waals surface area contributed by atoms with Crippen LogP contribution in [0.3, 0.4) is 0 Å². The predicted molar refractivity (Wildman–Crippen MR) is 106 cm³/mol. The Morgan fingerprint density at radius 3 is 2.57 bits per heavy atom. The summed E-state index contributed by atoms with van der Waals surface area (Å²) in [7, 11) is 0. The molecule has 0 radical (unpaired) electrons. The number of amides is 1. The molecule has 7 nitrogen and oxygen atoms in total. The molecule has 0 spiro atoms. The lowest BCUT2D eigenvalue weighted by atomic mass is 10.1. The molecule has 0 saturated carbocycles. The minimum atomic E-state index is 0.0230. The van der Waals surface area contributed by atoms with E-state index < -0.39 is 0 Å². The monoisotopic (exact) mass is 384 g/mol. The number of benzene rings is 1. The minimum Gasteiger partial charge on any atom is -0.381 e. The van der Waals surface area contributed by atoms with E-state index in [1.165, 1.54) is 0 Å². The molecule has 0 atom stereocenters. The number of hydrogen-bond acceptors (Lipinski definition) is 5. The lowest BCUT2D eigenvalue weighted by molar-refractivity contribution is 0.0139. The molecule has 0 bridgehead atoms. The maximum absolute atomic E-state index is 13.3. The highest BCUT2D eigenvalue weighted by atomic mass is 16.5. The van der Waals surface area contributed by atoms with Gasteiger partial charge in [-0.1, -0.05) is 30.3 Å². The summed E-state index contributed by atoms with van der Waals surface area (Å²) in [6.45, 7) is 6.40. The number of ether oxygens (including phenoxy) is 2. The lowest BCUT2D eigenvalue weighted by Gasteiger charge is -2.36. The highest BCUT2D eigenvalue weighted by molar-refractivity contribution is 5.93. The molecule has 3 heterocycles. The predicted octanol–water partition coefficient (Wildman–Crippen LogP) is 2.03. The third-order valence-corrected chi connectivity index (χ3v) is 5.53. The van der Waals surface area contributed by atoms with E-state index in [0.29, 0.717) is 25.5 Å². The molecule has 2 aromatic rings. The second-order valence-electron chi connectivity index (χ2n) is 7.33. The Balaban J connectivity index is 1.48. The van der Waals surface area contributed by atoms with Crippen LogP contribution in [0, 0.1) is 0 Å². The molecule has 2 aliphatic heterocycles. The molecule has 7 heteroatoms. The van der Waals surface area contributed by atoms with E-state index in [4.69, 9.17) is 9.47 Å². The normalized spacial score (nSPS) is 18.9. The van der Waals surface area contributed by atoms with E-state index in [9.17, 15) is 4.79 Å². The Morgan fingerprint density at radius 2 is 1.82 bits per heavy atom. The first-order chi connectivity index (χ1) is 13.8. The van der Waals surface area contributed by atoms with Gasteiger partial charge in [-0.15, -0.1) is 0 Å². The fourth-order valence-electron chi connectivity index (χ4n) is 3.86. The molecule has 2 fully saturated rings. The minimum absolute atomic E-state index is 0.0230. The van der Waals surface area contributed by atoms with Crippen LogP contribution in [0.15, 0.2) is 36.4 Å². The second-order valence-corrected chi connectivity index (χ2v) is 7.33. The fraction of sp³-hybridized carbons (Fsp3) is 0.524. The SMILES string of the molecule is O=C(c1cc(-c2ccccc2)n[nH]1)N(CCN1CCOCC1)C1CCOCC1. The molecule has 0 aliphatic carbocycles.